The van der Waals surface area contributed by atoms with Crippen molar-refractivity contribution in [3.63, 3.8) is 0 Å². The molecule has 2 aromatic carbocycles. The van der Waals surface area contributed by atoms with E-state index in [4.69, 9.17) is 0 Å². The van der Waals surface area contributed by atoms with E-state index in [9.17, 15) is 23.5 Å². The van der Waals surface area contributed by atoms with Crippen molar-refractivity contribution in [3.05, 3.63) is 68.8 Å². The van der Waals surface area contributed by atoms with Crippen LogP contribution in [0.3, 0.4) is 0 Å². The van der Waals surface area contributed by atoms with Gasteiger partial charge in [-0.2, -0.15) is 0 Å². The van der Waals surface area contributed by atoms with E-state index in [1.54, 1.807) is 0 Å². The zero-order chi connectivity index (χ0) is 29.2. The van der Waals surface area contributed by atoms with Crippen molar-refractivity contribution in [1.82, 2.24) is 20.4 Å². The highest BCUT2D eigenvalue weighted by atomic mass is 127. The van der Waals surface area contributed by atoms with Crippen LogP contribution in [0.15, 0.2) is 42.5 Å². The van der Waals surface area contributed by atoms with Gasteiger partial charge in [0, 0.05) is 41.9 Å². The summed E-state index contributed by atoms with van der Waals surface area (Å²) < 4.78 is 28.9. The van der Waals surface area contributed by atoms with Crippen molar-refractivity contribution in [2.24, 2.45) is 5.92 Å². The minimum absolute atomic E-state index is 0.00676. The van der Waals surface area contributed by atoms with E-state index < -0.39 is 23.8 Å². The average Bonchev–Trinajstić information content (AvgIpc) is 2.86. The Labute approximate surface area is 249 Å². The summed E-state index contributed by atoms with van der Waals surface area (Å²) in [5, 5.41) is 17.1. The van der Waals surface area contributed by atoms with Crippen LogP contribution in [0.5, 0.6) is 0 Å². The van der Waals surface area contributed by atoms with Crippen LogP contribution in [0.25, 0.3) is 0 Å². The summed E-state index contributed by atoms with van der Waals surface area (Å²) in [6.45, 7) is 8.38. The van der Waals surface area contributed by atoms with E-state index in [1.807, 2.05) is 34.1 Å². The Morgan fingerprint density at radius 3 is 2.52 bits per heavy atom. The number of aliphatic hydroxyl groups is 1. The van der Waals surface area contributed by atoms with E-state index in [2.05, 4.69) is 54.0 Å². The Kier molecular flexibility index (Phi) is 12.7. The van der Waals surface area contributed by atoms with Gasteiger partial charge in [0.2, 0.25) is 11.8 Å². The maximum atomic E-state index is 13.9. The molecule has 1 heterocycles. The molecule has 220 valence electrons. The summed E-state index contributed by atoms with van der Waals surface area (Å²) in [7, 11) is 0. The summed E-state index contributed by atoms with van der Waals surface area (Å²) in [6.07, 6.45) is 0.964. The van der Waals surface area contributed by atoms with Gasteiger partial charge in [0.25, 0.3) is 0 Å². The molecule has 0 radical (unpaired) electrons. The monoisotopic (exact) mass is 670 g/mol. The highest BCUT2D eigenvalue weighted by Crippen LogP contribution is 2.19. The Balaban J connectivity index is 1.66. The van der Waals surface area contributed by atoms with Crippen molar-refractivity contribution in [2.45, 2.75) is 64.8 Å². The Morgan fingerprint density at radius 2 is 1.88 bits per heavy atom. The van der Waals surface area contributed by atoms with Crippen LogP contribution in [0.1, 0.15) is 44.7 Å². The van der Waals surface area contributed by atoms with E-state index >= 15 is 0 Å². The second-order valence-corrected chi connectivity index (χ2v) is 12.2. The fraction of sp³-hybridized carbons (Fsp3) is 0.533. The molecule has 3 rings (SSSR count). The molecule has 2 amide bonds. The molecule has 1 aliphatic rings. The van der Waals surface area contributed by atoms with Crippen LogP contribution in [0, 0.1) is 21.1 Å². The Morgan fingerprint density at radius 1 is 1.15 bits per heavy atom. The van der Waals surface area contributed by atoms with Gasteiger partial charge in [-0.15, -0.1) is 0 Å². The van der Waals surface area contributed by atoms with Gasteiger partial charge >= 0.3 is 0 Å². The number of carbonyl (C=O) groups excluding carboxylic acids is 2. The lowest BCUT2D eigenvalue weighted by molar-refractivity contribution is -0.142. The number of piperazine rings is 1. The summed E-state index contributed by atoms with van der Waals surface area (Å²) >= 11 is 2.23. The standard InChI is InChI=1S/C30H41F2IN4O3/c1-4-5-9-37-27(20(2)3)17-36(19-30(37)40)18-29(39)35-26(13-22-10-23(31)14-24(32)11-22)28(38)16-34-15-21-7-6-8-25(33)12-21/h6-8,10-12,14,20,26-28,34,38H,4-5,9,13,15-19H2,1-3H3,(H,35,39)/t26-,27-,28+/m0/s1. The van der Waals surface area contributed by atoms with Crippen molar-refractivity contribution < 1.29 is 23.5 Å². The molecule has 10 heteroatoms. The zero-order valence-corrected chi connectivity index (χ0v) is 25.7. The summed E-state index contributed by atoms with van der Waals surface area (Å²) in [5.74, 6) is -1.53. The summed E-state index contributed by atoms with van der Waals surface area (Å²) in [6, 6.07) is 10.4. The van der Waals surface area contributed by atoms with Crippen molar-refractivity contribution in [3.8, 4) is 0 Å². The molecule has 3 N–H and O–H groups in total. The third-order valence-corrected chi connectivity index (χ3v) is 7.85. The molecule has 0 bridgehead atoms. The van der Waals surface area contributed by atoms with Crippen LogP contribution in [0.2, 0.25) is 0 Å². The number of carbonyl (C=O) groups is 2. The minimum Gasteiger partial charge on any atom is -0.390 e. The number of unbranched alkanes of at least 4 members (excludes halogenated alkanes) is 1. The smallest absolute Gasteiger partial charge is 0.237 e. The SMILES string of the molecule is CCCCN1C(=O)CN(CC(=O)N[C@@H](Cc2cc(F)cc(F)c2)[C@H](O)CNCc2cccc(I)c2)C[C@H]1C(C)C. The molecule has 0 aromatic heterocycles. The van der Waals surface area contributed by atoms with Crippen molar-refractivity contribution in [2.75, 3.05) is 32.7 Å². The van der Waals surface area contributed by atoms with Crippen molar-refractivity contribution >= 4 is 34.4 Å². The van der Waals surface area contributed by atoms with E-state index in [-0.39, 0.29) is 49.8 Å². The molecule has 1 aliphatic heterocycles. The van der Waals surface area contributed by atoms with Gasteiger partial charge in [0.15, 0.2) is 0 Å². The summed E-state index contributed by atoms with van der Waals surface area (Å²) in [4.78, 5) is 29.9. The predicted octanol–water partition coefficient (Wildman–Crippen LogP) is 3.72. The third-order valence-electron chi connectivity index (χ3n) is 7.17. The Hall–Kier alpha value is -2.15. The molecule has 1 saturated heterocycles. The molecule has 0 unspecified atom stereocenters. The molecule has 0 saturated carbocycles. The number of halogens is 3. The molecule has 7 nitrogen and oxygen atoms in total. The molecule has 0 aliphatic carbocycles. The fourth-order valence-corrected chi connectivity index (χ4v) is 5.69. The van der Waals surface area contributed by atoms with E-state index in [0.29, 0.717) is 25.2 Å². The first-order valence-electron chi connectivity index (χ1n) is 13.9. The molecular weight excluding hydrogens is 629 g/mol. The molecule has 3 atom stereocenters. The van der Waals surface area contributed by atoms with Gasteiger partial charge in [-0.25, -0.2) is 8.78 Å². The van der Waals surface area contributed by atoms with Gasteiger partial charge in [0.05, 0.1) is 25.2 Å². The van der Waals surface area contributed by atoms with Crippen LogP contribution in [-0.2, 0) is 22.6 Å². The lowest BCUT2D eigenvalue weighted by atomic mass is 9.98. The second kappa shape index (κ2) is 15.7. The van der Waals surface area contributed by atoms with Crippen molar-refractivity contribution in [1.29, 1.82) is 0 Å². The van der Waals surface area contributed by atoms with Crippen LogP contribution >= 0.6 is 22.6 Å². The minimum atomic E-state index is -1.02. The number of benzene rings is 2. The fourth-order valence-electron chi connectivity index (χ4n) is 5.08. The lowest BCUT2D eigenvalue weighted by Gasteiger charge is -2.43. The lowest BCUT2D eigenvalue weighted by Crippen LogP contribution is -2.60. The first kappa shape index (κ1) is 32.4. The average molecular weight is 671 g/mol. The molecular formula is C30H41F2IN4O3. The van der Waals surface area contributed by atoms with Crippen LogP contribution in [0.4, 0.5) is 8.78 Å². The number of rotatable bonds is 14. The van der Waals surface area contributed by atoms with E-state index in [0.717, 1.165) is 28.0 Å². The predicted molar refractivity (Wildman–Crippen MR) is 161 cm³/mol. The zero-order valence-electron chi connectivity index (χ0n) is 23.5. The quantitative estimate of drug-likeness (QED) is 0.267. The van der Waals surface area contributed by atoms with Gasteiger partial charge in [-0.1, -0.05) is 39.3 Å². The molecule has 40 heavy (non-hydrogen) atoms. The third kappa shape index (κ3) is 10.0. The van der Waals surface area contributed by atoms with Gasteiger partial charge in [-0.05, 0) is 76.7 Å². The topological polar surface area (TPSA) is 84.9 Å². The van der Waals surface area contributed by atoms with Gasteiger partial charge < -0.3 is 20.6 Å². The normalized spacial score (nSPS) is 17.8. The number of aliphatic hydroxyl groups excluding tert-OH is 1. The van der Waals surface area contributed by atoms with Gasteiger partial charge in [-0.3, -0.25) is 14.5 Å². The number of nitrogens with zero attached hydrogens (tertiary/aromatic N) is 2. The number of amides is 2. The Bertz CT molecular complexity index is 1120. The maximum absolute atomic E-state index is 13.9. The first-order valence-corrected chi connectivity index (χ1v) is 15.0. The van der Waals surface area contributed by atoms with Crippen LogP contribution in [-0.4, -0.2) is 77.6 Å². The molecule has 2 aromatic rings. The maximum Gasteiger partial charge on any atom is 0.237 e. The number of hydrogen-bond donors (Lipinski definition) is 3. The van der Waals surface area contributed by atoms with Crippen LogP contribution < -0.4 is 10.6 Å². The largest absolute Gasteiger partial charge is 0.390 e. The highest BCUT2D eigenvalue weighted by Gasteiger charge is 2.35. The summed E-state index contributed by atoms with van der Waals surface area (Å²) in [5.41, 5.74) is 1.38. The second-order valence-electron chi connectivity index (χ2n) is 10.9. The van der Waals surface area contributed by atoms with Gasteiger partial charge in [0.1, 0.15) is 11.6 Å². The number of hydrogen-bond acceptors (Lipinski definition) is 5. The molecule has 0 spiro atoms. The first-order chi connectivity index (χ1) is 19.0. The van der Waals surface area contributed by atoms with E-state index in [1.165, 1.54) is 12.1 Å². The number of nitrogens with one attached hydrogen (secondary N) is 2. The highest BCUT2D eigenvalue weighted by molar-refractivity contribution is 14.1. The molecule has 1 fully saturated rings.